The number of carbonyl (C=O) groups is 1. The highest BCUT2D eigenvalue weighted by atomic mass is 16.1. The number of nitrogens with zero attached hydrogens (tertiary/aromatic N) is 2. The molecule has 0 aliphatic carbocycles. The SMILES string of the molecule is O=C(Nc1ccccc1N1CCCCC1)c1cccc2cccnc12. The lowest BCUT2D eigenvalue weighted by Gasteiger charge is -2.30. The van der Waals surface area contributed by atoms with Gasteiger partial charge in [0.05, 0.1) is 22.5 Å². The molecule has 1 N–H and O–H groups in total. The van der Waals surface area contributed by atoms with E-state index in [0.29, 0.717) is 5.56 Å². The Morgan fingerprint density at radius 1 is 0.920 bits per heavy atom. The van der Waals surface area contributed by atoms with Crippen molar-refractivity contribution in [3.05, 3.63) is 66.4 Å². The molecular formula is C21H21N3O. The Bertz CT molecular complexity index is 895. The predicted octanol–water partition coefficient (Wildman–Crippen LogP) is 4.48. The highest BCUT2D eigenvalue weighted by Crippen LogP contribution is 2.29. The molecule has 1 aliphatic rings. The van der Waals surface area contributed by atoms with Crippen molar-refractivity contribution < 1.29 is 4.79 Å². The number of benzene rings is 2. The van der Waals surface area contributed by atoms with Crippen molar-refractivity contribution in [1.29, 1.82) is 0 Å². The van der Waals surface area contributed by atoms with E-state index in [9.17, 15) is 4.79 Å². The van der Waals surface area contributed by atoms with E-state index < -0.39 is 0 Å². The van der Waals surface area contributed by atoms with Crippen LogP contribution < -0.4 is 10.2 Å². The third kappa shape index (κ3) is 3.20. The zero-order valence-corrected chi connectivity index (χ0v) is 14.1. The van der Waals surface area contributed by atoms with Gasteiger partial charge in [0.1, 0.15) is 0 Å². The topological polar surface area (TPSA) is 45.2 Å². The summed E-state index contributed by atoms with van der Waals surface area (Å²) in [7, 11) is 0. The fourth-order valence-corrected chi connectivity index (χ4v) is 3.47. The molecule has 1 saturated heterocycles. The van der Waals surface area contributed by atoms with E-state index in [-0.39, 0.29) is 5.91 Å². The Balaban J connectivity index is 1.65. The van der Waals surface area contributed by atoms with Crippen molar-refractivity contribution in [3.8, 4) is 0 Å². The molecule has 0 radical (unpaired) electrons. The molecule has 2 heterocycles. The van der Waals surface area contributed by atoms with Gasteiger partial charge in [-0.15, -0.1) is 0 Å². The average Bonchev–Trinajstić information content (AvgIpc) is 2.68. The third-order valence-electron chi connectivity index (χ3n) is 4.73. The Kier molecular flexibility index (Phi) is 4.34. The van der Waals surface area contributed by atoms with Crippen molar-refractivity contribution in [2.45, 2.75) is 19.3 Å². The van der Waals surface area contributed by atoms with Gasteiger partial charge in [0.25, 0.3) is 5.91 Å². The number of fused-ring (bicyclic) bond motifs is 1. The molecule has 1 amide bonds. The number of pyridine rings is 1. The van der Waals surface area contributed by atoms with Crippen LogP contribution in [0.1, 0.15) is 29.6 Å². The van der Waals surface area contributed by atoms with Gasteiger partial charge in [-0.3, -0.25) is 9.78 Å². The molecular weight excluding hydrogens is 310 g/mol. The quantitative estimate of drug-likeness (QED) is 0.770. The maximum atomic E-state index is 12.9. The first-order chi connectivity index (χ1) is 12.3. The molecule has 4 heteroatoms. The number of nitrogens with one attached hydrogen (secondary N) is 1. The molecule has 1 fully saturated rings. The van der Waals surface area contributed by atoms with Crippen LogP contribution in [-0.4, -0.2) is 24.0 Å². The van der Waals surface area contributed by atoms with E-state index in [0.717, 1.165) is 35.4 Å². The number of hydrogen-bond donors (Lipinski definition) is 1. The van der Waals surface area contributed by atoms with Gasteiger partial charge in [0, 0.05) is 24.7 Å². The summed E-state index contributed by atoms with van der Waals surface area (Å²) in [6.07, 6.45) is 5.42. The number of para-hydroxylation sites is 3. The van der Waals surface area contributed by atoms with E-state index in [2.05, 4.69) is 21.3 Å². The summed E-state index contributed by atoms with van der Waals surface area (Å²) in [6.45, 7) is 2.09. The fraction of sp³-hybridized carbons (Fsp3) is 0.238. The van der Waals surface area contributed by atoms with Crippen molar-refractivity contribution in [3.63, 3.8) is 0 Å². The number of aromatic nitrogens is 1. The van der Waals surface area contributed by atoms with Crippen molar-refractivity contribution in [2.75, 3.05) is 23.3 Å². The first kappa shape index (κ1) is 15.6. The molecule has 25 heavy (non-hydrogen) atoms. The van der Waals surface area contributed by atoms with Gasteiger partial charge in [0.15, 0.2) is 0 Å². The number of rotatable bonds is 3. The maximum Gasteiger partial charge on any atom is 0.257 e. The lowest BCUT2D eigenvalue weighted by Crippen LogP contribution is -2.30. The minimum absolute atomic E-state index is 0.117. The molecule has 4 rings (SSSR count). The van der Waals surface area contributed by atoms with Gasteiger partial charge in [-0.05, 0) is 43.5 Å². The molecule has 1 aliphatic heterocycles. The lowest BCUT2D eigenvalue weighted by molar-refractivity contribution is 0.102. The normalized spacial score (nSPS) is 14.5. The minimum Gasteiger partial charge on any atom is -0.370 e. The molecule has 0 spiro atoms. The zero-order valence-electron chi connectivity index (χ0n) is 14.1. The summed E-state index contributed by atoms with van der Waals surface area (Å²) in [6, 6.07) is 17.6. The smallest absolute Gasteiger partial charge is 0.257 e. The van der Waals surface area contributed by atoms with Crippen LogP contribution >= 0.6 is 0 Å². The third-order valence-corrected chi connectivity index (χ3v) is 4.73. The van der Waals surface area contributed by atoms with E-state index in [1.807, 2.05) is 48.5 Å². The second-order valence-electron chi connectivity index (χ2n) is 6.40. The highest BCUT2D eigenvalue weighted by Gasteiger charge is 2.17. The summed E-state index contributed by atoms with van der Waals surface area (Å²) < 4.78 is 0. The van der Waals surface area contributed by atoms with Crippen molar-refractivity contribution in [1.82, 2.24) is 4.98 Å². The summed E-state index contributed by atoms with van der Waals surface area (Å²) in [5.74, 6) is -0.117. The number of hydrogen-bond acceptors (Lipinski definition) is 3. The summed E-state index contributed by atoms with van der Waals surface area (Å²) in [4.78, 5) is 19.6. The van der Waals surface area contributed by atoms with Crippen LogP contribution in [0.15, 0.2) is 60.8 Å². The molecule has 1 aromatic heterocycles. The van der Waals surface area contributed by atoms with Crippen LogP contribution in [0, 0.1) is 0 Å². The Hall–Kier alpha value is -2.88. The highest BCUT2D eigenvalue weighted by molar-refractivity contribution is 6.12. The summed E-state index contributed by atoms with van der Waals surface area (Å²) >= 11 is 0. The Morgan fingerprint density at radius 2 is 1.72 bits per heavy atom. The standard InChI is InChI=1S/C21H21N3O/c25-21(17-10-6-8-16-9-7-13-22-20(16)17)23-18-11-2-3-12-19(18)24-14-4-1-5-15-24/h2-3,6-13H,1,4-5,14-15H2,(H,23,25). The van der Waals surface area contributed by atoms with Gasteiger partial charge >= 0.3 is 0 Å². The van der Waals surface area contributed by atoms with E-state index >= 15 is 0 Å². The number of piperidine rings is 1. The minimum atomic E-state index is -0.117. The van der Waals surface area contributed by atoms with Gasteiger partial charge < -0.3 is 10.2 Å². The number of anilines is 2. The second kappa shape index (κ2) is 6.93. The molecule has 2 aromatic carbocycles. The Morgan fingerprint density at radius 3 is 2.60 bits per heavy atom. The first-order valence-corrected chi connectivity index (χ1v) is 8.82. The van der Waals surface area contributed by atoms with Crippen molar-refractivity contribution in [2.24, 2.45) is 0 Å². The van der Waals surface area contributed by atoms with Crippen LogP contribution in [0.2, 0.25) is 0 Å². The van der Waals surface area contributed by atoms with Crippen molar-refractivity contribution >= 4 is 28.2 Å². The molecule has 3 aromatic rings. The van der Waals surface area contributed by atoms with E-state index in [1.54, 1.807) is 6.20 Å². The molecule has 126 valence electrons. The Labute approximate surface area is 147 Å². The first-order valence-electron chi connectivity index (χ1n) is 8.82. The van der Waals surface area contributed by atoms with E-state index in [1.165, 1.54) is 19.3 Å². The maximum absolute atomic E-state index is 12.9. The number of carbonyl (C=O) groups excluding carboxylic acids is 1. The molecule has 4 nitrogen and oxygen atoms in total. The molecule has 0 bridgehead atoms. The second-order valence-corrected chi connectivity index (χ2v) is 6.40. The van der Waals surface area contributed by atoms with Gasteiger partial charge in [-0.25, -0.2) is 0 Å². The summed E-state index contributed by atoms with van der Waals surface area (Å²) in [5, 5.41) is 4.07. The fourth-order valence-electron chi connectivity index (χ4n) is 3.47. The average molecular weight is 331 g/mol. The van der Waals surface area contributed by atoms with Gasteiger partial charge in [0.2, 0.25) is 0 Å². The van der Waals surface area contributed by atoms with Crippen LogP contribution in [0.5, 0.6) is 0 Å². The molecule has 0 atom stereocenters. The van der Waals surface area contributed by atoms with Crippen LogP contribution in [0.25, 0.3) is 10.9 Å². The van der Waals surface area contributed by atoms with Gasteiger partial charge in [-0.2, -0.15) is 0 Å². The van der Waals surface area contributed by atoms with Crippen LogP contribution in [0.3, 0.4) is 0 Å². The zero-order chi connectivity index (χ0) is 17.1. The monoisotopic (exact) mass is 331 g/mol. The lowest BCUT2D eigenvalue weighted by atomic mass is 10.1. The summed E-state index contributed by atoms with van der Waals surface area (Å²) in [5.41, 5.74) is 3.30. The van der Waals surface area contributed by atoms with Crippen LogP contribution in [0.4, 0.5) is 11.4 Å². The van der Waals surface area contributed by atoms with E-state index in [4.69, 9.17) is 0 Å². The van der Waals surface area contributed by atoms with Crippen LogP contribution in [-0.2, 0) is 0 Å². The predicted molar refractivity (Wildman–Crippen MR) is 102 cm³/mol. The molecule has 0 unspecified atom stereocenters. The van der Waals surface area contributed by atoms with Gasteiger partial charge in [-0.1, -0.05) is 30.3 Å². The largest absolute Gasteiger partial charge is 0.370 e. The number of amides is 1. The molecule has 0 saturated carbocycles.